The van der Waals surface area contributed by atoms with Crippen molar-refractivity contribution in [2.24, 2.45) is 11.8 Å². The van der Waals surface area contributed by atoms with Gasteiger partial charge in [-0.2, -0.15) is 0 Å². The molecule has 1 aliphatic heterocycles. The van der Waals surface area contributed by atoms with Gasteiger partial charge >= 0.3 is 5.97 Å². The van der Waals surface area contributed by atoms with Gasteiger partial charge in [0.1, 0.15) is 0 Å². The highest BCUT2D eigenvalue weighted by atomic mass is 35.5. The highest BCUT2D eigenvalue weighted by molar-refractivity contribution is 6.34. The second-order valence-corrected chi connectivity index (χ2v) is 6.63. The lowest BCUT2D eigenvalue weighted by Crippen LogP contribution is -2.31. The Morgan fingerprint density at radius 2 is 1.86 bits per heavy atom. The van der Waals surface area contributed by atoms with Gasteiger partial charge in [0.05, 0.1) is 5.92 Å². The smallest absolute Gasteiger partial charge is 0.308 e. The minimum atomic E-state index is -0.820. The Bertz CT molecular complexity index is 584. The largest absolute Gasteiger partial charge is 0.481 e. The van der Waals surface area contributed by atoms with E-state index in [-0.39, 0.29) is 17.7 Å². The quantitative estimate of drug-likeness (QED) is 0.928. The standard InChI is InChI=1S/C15H15Cl2NO3/c16-10-3-9(4-11(17)5-10)12-6-13(12)14(19)18-2-1-8(7-18)15(20)21/h3-5,8,12-13H,1-2,6-7H2,(H,20,21)/t8-,12-,13+/m1/s1. The van der Waals surface area contributed by atoms with E-state index in [0.717, 1.165) is 12.0 Å². The third kappa shape index (κ3) is 3.01. The second-order valence-electron chi connectivity index (χ2n) is 5.76. The Kier molecular flexibility index (Phi) is 3.84. The van der Waals surface area contributed by atoms with Gasteiger partial charge in [0, 0.05) is 29.1 Å². The van der Waals surface area contributed by atoms with Crippen molar-refractivity contribution < 1.29 is 14.7 Å². The number of benzene rings is 1. The Morgan fingerprint density at radius 3 is 2.43 bits per heavy atom. The van der Waals surface area contributed by atoms with E-state index in [1.54, 1.807) is 11.0 Å². The highest BCUT2D eigenvalue weighted by Crippen LogP contribution is 2.49. The third-order valence-electron chi connectivity index (χ3n) is 4.27. The van der Waals surface area contributed by atoms with Crippen LogP contribution in [-0.2, 0) is 9.59 Å². The van der Waals surface area contributed by atoms with E-state index in [0.29, 0.717) is 29.6 Å². The van der Waals surface area contributed by atoms with Crippen LogP contribution in [0.15, 0.2) is 18.2 Å². The third-order valence-corrected chi connectivity index (χ3v) is 4.71. The summed E-state index contributed by atoms with van der Waals surface area (Å²) in [6.45, 7) is 0.864. The average Bonchev–Trinajstić information content (AvgIpc) is 3.05. The molecule has 1 heterocycles. The maximum atomic E-state index is 12.4. The lowest BCUT2D eigenvalue weighted by molar-refractivity contribution is -0.141. The van der Waals surface area contributed by atoms with Crippen LogP contribution in [0.1, 0.15) is 24.3 Å². The van der Waals surface area contributed by atoms with Crippen LogP contribution < -0.4 is 0 Å². The van der Waals surface area contributed by atoms with Crippen LogP contribution in [-0.4, -0.2) is 35.0 Å². The maximum Gasteiger partial charge on any atom is 0.308 e. The van der Waals surface area contributed by atoms with E-state index < -0.39 is 11.9 Å². The van der Waals surface area contributed by atoms with Gasteiger partial charge in [0.2, 0.25) is 5.91 Å². The summed E-state index contributed by atoms with van der Waals surface area (Å²) in [6.07, 6.45) is 1.32. The van der Waals surface area contributed by atoms with Gasteiger partial charge in [-0.1, -0.05) is 23.2 Å². The number of likely N-dealkylation sites (tertiary alicyclic amines) is 1. The predicted molar refractivity (Wildman–Crippen MR) is 79.6 cm³/mol. The van der Waals surface area contributed by atoms with Crippen molar-refractivity contribution in [2.75, 3.05) is 13.1 Å². The normalized spacial score (nSPS) is 27.7. The van der Waals surface area contributed by atoms with Gasteiger partial charge in [-0.05, 0) is 42.5 Å². The molecule has 3 rings (SSSR count). The molecular weight excluding hydrogens is 313 g/mol. The van der Waals surface area contributed by atoms with E-state index in [1.165, 1.54) is 0 Å². The van der Waals surface area contributed by atoms with Crippen LogP contribution in [0.2, 0.25) is 10.0 Å². The van der Waals surface area contributed by atoms with Crippen molar-refractivity contribution in [3.63, 3.8) is 0 Å². The van der Waals surface area contributed by atoms with Crippen LogP contribution in [0.25, 0.3) is 0 Å². The molecule has 0 radical (unpaired) electrons. The van der Waals surface area contributed by atoms with Gasteiger partial charge in [-0.25, -0.2) is 0 Å². The number of amides is 1. The molecule has 0 unspecified atom stereocenters. The van der Waals surface area contributed by atoms with Crippen LogP contribution in [0.3, 0.4) is 0 Å². The molecule has 0 spiro atoms. The molecule has 1 saturated heterocycles. The highest BCUT2D eigenvalue weighted by Gasteiger charge is 2.47. The van der Waals surface area contributed by atoms with Crippen molar-refractivity contribution in [3.8, 4) is 0 Å². The number of aliphatic carboxylic acids is 1. The first-order chi connectivity index (χ1) is 9.95. The first-order valence-corrected chi connectivity index (χ1v) is 7.69. The fourth-order valence-corrected chi connectivity index (χ4v) is 3.57. The molecule has 21 heavy (non-hydrogen) atoms. The number of carbonyl (C=O) groups excluding carboxylic acids is 1. The number of rotatable bonds is 3. The molecule has 1 saturated carbocycles. The van der Waals surface area contributed by atoms with E-state index in [4.69, 9.17) is 28.3 Å². The van der Waals surface area contributed by atoms with Gasteiger partial charge in [0.25, 0.3) is 0 Å². The molecule has 4 nitrogen and oxygen atoms in total. The number of hydrogen-bond acceptors (Lipinski definition) is 2. The molecule has 0 bridgehead atoms. The molecular formula is C15H15Cl2NO3. The van der Waals surface area contributed by atoms with Gasteiger partial charge in [-0.3, -0.25) is 9.59 Å². The summed E-state index contributed by atoms with van der Waals surface area (Å²) < 4.78 is 0. The van der Waals surface area contributed by atoms with Gasteiger partial charge in [0.15, 0.2) is 0 Å². The molecule has 1 aromatic rings. The fraction of sp³-hybridized carbons (Fsp3) is 0.467. The molecule has 0 aromatic heterocycles. The van der Waals surface area contributed by atoms with E-state index >= 15 is 0 Å². The van der Waals surface area contributed by atoms with Crippen LogP contribution in [0.4, 0.5) is 0 Å². The monoisotopic (exact) mass is 327 g/mol. The zero-order chi connectivity index (χ0) is 15.1. The van der Waals surface area contributed by atoms with E-state index in [1.807, 2.05) is 12.1 Å². The number of carboxylic acids is 1. The molecule has 1 aromatic carbocycles. The second kappa shape index (κ2) is 5.50. The first-order valence-electron chi connectivity index (χ1n) is 6.93. The van der Waals surface area contributed by atoms with Crippen LogP contribution >= 0.6 is 23.2 Å². The minimum Gasteiger partial charge on any atom is -0.481 e. The Hall–Kier alpha value is -1.26. The summed E-state index contributed by atoms with van der Waals surface area (Å²) in [6, 6.07) is 5.36. The maximum absolute atomic E-state index is 12.4. The number of carboxylic acid groups (broad SMARTS) is 1. The summed E-state index contributed by atoms with van der Waals surface area (Å²) in [5.41, 5.74) is 0.986. The molecule has 2 aliphatic rings. The Balaban J connectivity index is 1.65. The fourth-order valence-electron chi connectivity index (χ4n) is 3.02. The van der Waals surface area contributed by atoms with Crippen molar-refractivity contribution in [1.82, 2.24) is 4.90 Å². The Morgan fingerprint density at radius 1 is 1.19 bits per heavy atom. The number of nitrogens with zero attached hydrogens (tertiary/aromatic N) is 1. The van der Waals surface area contributed by atoms with Crippen LogP contribution in [0, 0.1) is 11.8 Å². The summed E-state index contributed by atoms with van der Waals surface area (Å²) in [7, 11) is 0. The number of halogens is 2. The molecule has 1 N–H and O–H groups in total. The molecule has 3 atom stereocenters. The van der Waals surface area contributed by atoms with E-state index in [9.17, 15) is 9.59 Å². The summed E-state index contributed by atoms with van der Waals surface area (Å²) in [5.74, 6) is -1.10. The molecule has 112 valence electrons. The lowest BCUT2D eigenvalue weighted by atomic mass is 10.1. The zero-order valence-corrected chi connectivity index (χ0v) is 12.8. The molecule has 1 amide bonds. The topological polar surface area (TPSA) is 57.6 Å². The van der Waals surface area contributed by atoms with Crippen molar-refractivity contribution >= 4 is 35.1 Å². The van der Waals surface area contributed by atoms with Crippen molar-refractivity contribution in [2.45, 2.75) is 18.8 Å². The number of hydrogen-bond donors (Lipinski definition) is 1. The summed E-state index contributed by atoms with van der Waals surface area (Å²) in [5, 5.41) is 10.1. The molecule has 2 fully saturated rings. The minimum absolute atomic E-state index is 0.0554. The zero-order valence-electron chi connectivity index (χ0n) is 11.3. The number of carbonyl (C=O) groups is 2. The van der Waals surface area contributed by atoms with Gasteiger partial charge < -0.3 is 10.0 Å². The SMILES string of the molecule is O=C(O)[C@@H]1CCN(C(=O)[C@H]2C[C@@H]2c2cc(Cl)cc(Cl)c2)C1. The Labute approximate surface area is 132 Å². The van der Waals surface area contributed by atoms with Crippen molar-refractivity contribution in [3.05, 3.63) is 33.8 Å². The molecule has 1 aliphatic carbocycles. The van der Waals surface area contributed by atoms with E-state index in [2.05, 4.69) is 0 Å². The van der Waals surface area contributed by atoms with Crippen molar-refractivity contribution in [1.29, 1.82) is 0 Å². The lowest BCUT2D eigenvalue weighted by Gasteiger charge is -2.15. The summed E-state index contributed by atoms with van der Waals surface area (Å²) >= 11 is 12.0. The molecule has 6 heteroatoms. The summed E-state index contributed by atoms with van der Waals surface area (Å²) in [4.78, 5) is 25.0. The van der Waals surface area contributed by atoms with Crippen LogP contribution in [0.5, 0.6) is 0 Å². The predicted octanol–water partition coefficient (Wildman–Crippen LogP) is 3.03. The van der Waals surface area contributed by atoms with Gasteiger partial charge in [-0.15, -0.1) is 0 Å². The average molecular weight is 328 g/mol. The first kappa shape index (κ1) is 14.7.